The van der Waals surface area contributed by atoms with E-state index >= 15 is 0 Å². The van der Waals surface area contributed by atoms with Crippen molar-refractivity contribution in [3.63, 3.8) is 0 Å². The number of amides is 1. The van der Waals surface area contributed by atoms with Crippen LogP contribution in [-0.2, 0) is 4.79 Å². The fraction of sp³-hybridized carbons (Fsp3) is 0.250. The van der Waals surface area contributed by atoms with E-state index in [-0.39, 0.29) is 17.8 Å². The summed E-state index contributed by atoms with van der Waals surface area (Å²) in [4.78, 5) is 12.9. The summed E-state index contributed by atoms with van der Waals surface area (Å²) in [5.74, 6) is 0.326. The lowest BCUT2D eigenvalue weighted by molar-refractivity contribution is -0.120. The van der Waals surface area contributed by atoms with Crippen LogP contribution in [0.15, 0.2) is 59.8 Å². The van der Waals surface area contributed by atoms with Crippen molar-refractivity contribution in [2.45, 2.75) is 36.2 Å². The van der Waals surface area contributed by atoms with E-state index < -0.39 is 5.25 Å². The van der Waals surface area contributed by atoms with Crippen LogP contribution < -0.4 is 5.32 Å². The van der Waals surface area contributed by atoms with Gasteiger partial charge in [0, 0.05) is 11.7 Å². The Labute approximate surface area is 161 Å². The van der Waals surface area contributed by atoms with Gasteiger partial charge in [-0.15, -0.1) is 10.2 Å². The number of hydrogen-bond acceptors (Lipinski definition) is 4. The molecule has 4 rings (SSSR count). The van der Waals surface area contributed by atoms with Crippen LogP contribution in [0.4, 0.5) is 4.39 Å². The van der Waals surface area contributed by atoms with Gasteiger partial charge >= 0.3 is 0 Å². The highest BCUT2D eigenvalue weighted by Crippen LogP contribution is 2.37. The number of carbonyl (C=O) groups excluding carboxylic acids is 1. The normalized spacial score (nSPS) is 14.7. The Morgan fingerprint density at radius 2 is 1.85 bits per heavy atom. The van der Waals surface area contributed by atoms with Crippen molar-refractivity contribution in [2.75, 3.05) is 0 Å². The molecule has 27 heavy (non-hydrogen) atoms. The Bertz CT molecular complexity index is 938. The van der Waals surface area contributed by atoms with Crippen molar-refractivity contribution in [3.8, 4) is 5.69 Å². The lowest BCUT2D eigenvalue weighted by atomic mass is 10.1. The number of thioether (sulfide) groups is 1. The quantitative estimate of drug-likeness (QED) is 0.659. The molecular formula is C20H19FN4OS. The number of hydrogen-bond donors (Lipinski definition) is 1. The highest BCUT2D eigenvalue weighted by molar-refractivity contribution is 8.00. The minimum absolute atomic E-state index is 0.0885. The van der Waals surface area contributed by atoms with Crippen LogP contribution in [-0.4, -0.2) is 26.7 Å². The summed E-state index contributed by atoms with van der Waals surface area (Å²) in [6.07, 6.45) is 2.01. The van der Waals surface area contributed by atoms with Crippen molar-refractivity contribution in [1.82, 2.24) is 20.1 Å². The van der Waals surface area contributed by atoms with Gasteiger partial charge in [-0.2, -0.15) is 0 Å². The largest absolute Gasteiger partial charge is 0.352 e. The third-order valence-corrected chi connectivity index (χ3v) is 5.56. The van der Waals surface area contributed by atoms with Gasteiger partial charge in [-0.25, -0.2) is 4.39 Å². The van der Waals surface area contributed by atoms with Gasteiger partial charge in [-0.05, 0) is 49.6 Å². The Hall–Kier alpha value is -2.67. The maximum atomic E-state index is 13.4. The molecule has 3 aromatic rings. The van der Waals surface area contributed by atoms with Gasteiger partial charge in [0.1, 0.15) is 16.9 Å². The zero-order valence-electron chi connectivity index (χ0n) is 14.8. The van der Waals surface area contributed by atoms with Gasteiger partial charge in [-0.3, -0.25) is 9.36 Å². The minimum Gasteiger partial charge on any atom is -0.352 e. The maximum absolute atomic E-state index is 13.4. The Balaban J connectivity index is 1.67. The fourth-order valence-corrected chi connectivity index (χ4v) is 3.92. The molecule has 1 aromatic heterocycles. The van der Waals surface area contributed by atoms with E-state index in [4.69, 9.17) is 0 Å². The fourth-order valence-electron chi connectivity index (χ4n) is 2.81. The molecule has 7 heteroatoms. The summed E-state index contributed by atoms with van der Waals surface area (Å²) in [6, 6.07) is 16.1. The molecule has 0 bridgehead atoms. The van der Waals surface area contributed by atoms with Crippen LogP contribution in [0.3, 0.4) is 0 Å². The molecule has 2 aromatic carbocycles. The Morgan fingerprint density at radius 1 is 1.15 bits per heavy atom. The molecule has 1 atom stereocenters. The van der Waals surface area contributed by atoms with Crippen LogP contribution in [0, 0.1) is 12.7 Å². The zero-order valence-corrected chi connectivity index (χ0v) is 15.6. The number of aromatic nitrogens is 3. The number of halogens is 1. The number of carbonyl (C=O) groups is 1. The third-order valence-electron chi connectivity index (χ3n) is 4.37. The van der Waals surface area contributed by atoms with Gasteiger partial charge in [0.05, 0.1) is 0 Å². The van der Waals surface area contributed by atoms with Gasteiger partial charge in [0.15, 0.2) is 5.16 Å². The number of aryl methyl sites for hydroxylation is 1. The molecule has 1 aliphatic carbocycles. The molecule has 1 fully saturated rings. The van der Waals surface area contributed by atoms with Crippen molar-refractivity contribution in [2.24, 2.45) is 0 Å². The number of benzene rings is 2. The lowest BCUT2D eigenvalue weighted by Gasteiger charge is -2.17. The van der Waals surface area contributed by atoms with Gasteiger partial charge in [-0.1, -0.05) is 42.1 Å². The summed E-state index contributed by atoms with van der Waals surface area (Å²) in [5.41, 5.74) is 1.67. The van der Waals surface area contributed by atoms with Gasteiger partial charge in [0.25, 0.3) is 0 Å². The third kappa shape index (κ3) is 4.03. The SMILES string of the molecule is Cc1nnc(S[C@H](C(=O)NC2CC2)c2ccc(F)cc2)n1-c1ccccc1. The van der Waals surface area contributed by atoms with Crippen LogP contribution in [0.25, 0.3) is 5.69 Å². The standard InChI is InChI=1S/C20H19FN4OS/c1-13-23-24-20(25(13)17-5-3-2-4-6-17)27-18(19(26)22-16-11-12-16)14-7-9-15(21)10-8-14/h2-10,16,18H,11-12H2,1H3,(H,22,26)/t18-/m0/s1. The summed E-state index contributed by atoms with van der Waals surface area (Å²) < 4.78 is 15.3. The van der Waals surface area contributed by atoms with Crippen LogP contribution in [0.1, 0.15) is 29.5 Å². The summed E-state index contributed by atoms with van der Waals surface area (Å²) in [5, 5.41) is 11.6. The Morgan fingerprint density at radius 3 is 2.52 bits per heavy atom. The second kappa shape index (κ2) is 7.52. The molecule has 0 spiro atoms. The van der Waals surface area contributed by atoms with Gasteiger partial charge < -0.3 is 5.32 Å². The monoisotopic (exact) mass is 382 g/mol. The smallest absolute Gasteiger partial charge is 0.238 e. The molecule has 0 radical (unpaired) electrons. The van der Waals surface area contributed by atoms with Crippen molar-refractivity contribution in [3.05, 3.63) is 71.8 Å². The van der Waals surface area contributed by atoms with E-state index in [2.05, 4.69) is 15.5 Å². The number of nitrogens with one attached hydrogen (secondary N) is 1. The molecule has 5 nitrogen and oxygen atoms in total. The molecule has 1 saturated carbocycles. The van der Waals surface area contributed by atoms with Crippen LogP contribution in [0.5, 0.6) is 0 Å². The topological polar surface area (TPSA) is 59.8 Å². The highest BCUT2D eigenvalue weighted by atomic mass is 32.2. The average molecular weight is 382 g/mol. The minimum atomic E-state index is -0.530. The molecule has 1 amide bonds. The molecule has 0 aliphatic heterocycles. The summed E-state index contributed by atoms with van der Waals surface area (Å²) in [6.45, 7) is 1.88. The zero-order chi connectivity index (χ0) is 18.8. The van der Waals surface area contributed by atoms with E-state index in [1.165, 1.54) is 23.9 Å². The first-order valence-corrected chi connectivity index (χ1v) is 9.70. The van der Waals surface area contributed by atoms with Gasteiger partial charge in [0.2, 0.25) is 5.91 Å². The number of para-hydroxylation sites is 1. The maximum Gasteiger partial charge on any atom is 0.238 e. The van der Waals surface area contributed by atoms with E-state index in [9.17, 15) is 9.18 Å². The van der Waals surface area contributed by atoms with Crippen molar-refractivity contribution >= 4 is 17.7 Å². The predicted octanol–water partition coefficient (Wildman–Crippen LogP) is 3.83. The molecule has 0 saturated heterocycles. The van der Waals surface area contributed by atoms with Crippen LogP contribution in [0.2, 0.25) is 0 Å². The first-order valence-electron chi connectivity index (χ1n) is 8.82. The molecule has 0 unspecified atom stereocenters. The number of nitrogens with zero attached hydrogens (tertiary/aromatic N) is 3. The van der Waals surface area contributed by atoms with E-state index in [0.717, 1.165) is 29.9 Å². The second-order valence-corrected chi connectivity index (χ2v) is 7.61. The molecular weight excluding hydrogens is 363 g/mol. The van der Waals surface area contributed by atoms with E-state index in [0.29, 0.717) is 5.16 Å². The highest BCUT2D eigenvalue weighted by Gasteiger charge is 2.30. The molecule has 1 heterocycles. The van der Waals surface area contributed by atoms with E-state index in [1.54, 1.807) is 12.1 Å². The summed E-state index contributed by atoms with van der Waals surface area (Å²) >= 11 is 1.32. The first kappa shape index (κ1) is 17.7. The first-order chi connectivity index (χ1) is 13.1. The van der Waals surface area contributed by atoms with Crippen LogP contribution >= 0.6 is 11.8 Å². The van der Waals surface area contributed by atoms with E-state index in [1.807, 2.05) is 41.8 Å². The predicted molar refractivity (Wildman–Crippen MR) is 102 cm³/mol. The molecule has 138 valence electrons. The van der Waals surface area contributed by atoms with Crippen molar-refractivity contribution < 1.29 is 9.18 Å². The molecule has 1 aliphatic rings. The Kier molecular flexibility index (Phi) is 4.94. The summed E-state index contributed by atoms with van der Waals surface area (Å²) in [7, 11) is 0. The van der Waals surface area contributed by atoms with Crippen molar-refractivity contribution in [1.29, 1.82) is 0 Å². The number of rotatable bonds is 6. The molecule has 1 N–H and O–H groups in total. The second-order valence-electron chi connectivity index (χ2n) is 6.53. The lowest BCUT2D eigenvalue weighted by Crippen LogP contribution is -2.30. The average Bonchev–Trinajstić information content (AvgIpc) is 3.42.